The molecule has 0 radical (unpaired) electrons. The SMILES string of the molecule is Nc1cccc2nc(CCc3cccs3)oc12. The molecule has 3 rings (SSSR count). The number of aryl methyl sites for hydroxylation is 2. The molecule has 3 aromatic rings. The van der Waals surface area contributed by atoms with Crippen molar-refractivity contribution in [1.82, 2.24) is 4.98 Å². The summed E-state index contributed by atoms with van der Waals surface area (Å²) in [6, 6.07) is 9.83. The van der Waals surface area contributed by atoms with Crippen LogP contribution in [0.1, 0.15) is 10.8 Å². The highest BCUT2D eigenvalue weighted by atomic mass is 32.1. The molecule has 2 heterocycles. The molecular formula is C13H12N2OS. The van der Waals surface area contributed by atoms with Crippen LogP contribution in [0.2, 0.25) is 0 Å². The molecule has 1 aromatic carbocycles. The number of nitrogen functional groups attached to an aromatic ring is 1. The fourth-order valence-corrected chi connectivity index (χ4v) is 2.52. The van der Waals surface area contributed by atoms with Gasteiger partial charge >= 0.3 is 0 Å². The van der Waals surface area contributed by atoms with Gasteiger partial charge in [0, 0.05) is 11.3 Å². The van der Waals surface area contributed by atoms with Crippen molar-refractivity contribution in [2.75, 3.05) is 5.73 Å². The number of fused-ring (bicyclic) bond motifs is 1. The maximum atomic E-state index is 5.83. The summed E-state index contributed by atoms with van der Waals surface area (Å²) in [6.45, 7) is 0. The second-order valence-electron chi connectivity index (χ2n) is 3.88. The third kappa shape index (κ3) is 2.03. The predicted molar refractivity (Wildman–Crippen MR) is 70.1 cm³/mol. The van der Waals surface area contributed by atoms with Gasteiger partial charge in [0.2, 0.25) is 0 Å². The van der Waals surface area contributed by atoms with Crippen LogP contribution in [0.5, 0.6) is 0 Å². The van der Waals surface area contributed by atoms with E-state index in [0.29, 0.717) is 11.3 Å². The molecule has 0 amide bonds. The van der Waals surface area contributed by atoms with Crippen LogP contribution in [0.4, 0.5) is 5.69 Å². The van der Waals surface area contributed by atoms with E-state index in [2.05, 4.69) is 22.5 Å². The summed E-state index contributed by atoms with van der Waals surface area (Å²) in [4.78, 5) is 5.78. The Bertz CT molecular complexity index is 628. The molecule has 0 aliphatic heterocycles. The van der Waals surface area contributed by atoms with Crippen LogP contribution in [-0.2, 0) is 12.8 Å². The second-order valence-corrected chi connectivity index (χ2v) is 4.91. The Kier molecular flexibility index (Phi) is 2.57. The fourth-order valence-electron chi connectivity index (χ4n) is 1.81. The topological polar surface area (TPSA) is 52.0 Å². The second kappa shape index (κ2) is 4.22. The number of nitrogens with zero attached hydrogens (tertiary/aromatic N) is 1. The highest BCUT2D eigenvalue weighted by molar-refractivity contribution is 7.09. The largest absolute Gasteiger partial charge is 0.439 e. The minimum atomic E-state index is 0.650. The van der Waals surface area contributed by atoms with Crippen molar-refractivity contribution >= 4 is 28.1 Å². The van der Waals surface area contributed by atoms with E-state index in [-0.39, 0.29) is 0 Å². The van der Waals surface area contributed by atoms with Crippen molar-refractivity contribution in [2.24, 2.45) is 0 Å². The number of hydrogen-bond donors (Lipinski definition) is 1. The Morgan fingerprint density at radius 1 is 1.18 bits per heavy atom. The zero-order valence-electron chi connectivity index (χ0n) is 9.22. The standard InChI is InChI=1S/C13H12N2OS/c14-10-4-1-5-11-13(10)16-12(15-11)7-6-9-3-2-8-17-9/h1-5,8H,6-7,14H2. The summed E-state index contributed by atoms with van der Waals surface area (Å²) in [5.41, 5.74) is 8.02. The van der Waals surface area contributed by atoms with Crippen LogP contribution < -0.4 is 5.73 Å². The summed E-state index contributed by atoms with van der Waals surface area (Å²) in [7, 11) is 0. The van der Waals surface area contributed by atoms with E-state index in [0.717, 1.165) is 24.2 Å². The number of oxazole rings is 1. The minimum absolute atomic E-state index is 0.650. The van der Waals surface area contributed by atoms with E-state index >= 15 is 0 Å². The van der Waals surface area contributed by atoms with E-state index in [4.69, 9.17) is 10.2 Å². The van der Waals surface area contributed by atoms with Crippen molar-refractivity contribution in [1.29, 1.82) is 0 Å². The van der Waals surface area contributed by atoms with Gasteiger partial charge in [-0.15, -0.1) is 11.3 Å². The van der Waals surface area contributed by atoms with E-state index in [1.165, 1.54) is 4.88 Å². The molecule has 3 nitrogen and oxygen atoms in total. The van der Waals surface area contributed by atoms with Crippen molar-refractivity contribution in [3.05, 3.63) is 46.5 Å². The summed E-state index contributed by atoms with van der Waals surface area (Å²) in [6.07, 6.45) is 1.78. The zero-order valence-corrected chi connectivity index (χ0v) is 10.0. The van der Waals surface area contributed by atoms with E-state index in [9.17, 15) is 0 Å². The fraction of sp³-hybridized carbons (Fsp3) is 0.154. The Morgan fingerprint density at radius 2 is 2.12 bits per heavy atom. The number of para-hydroxylation sites is 1. The van der Waals surface area contributed by atoms with Crippen molar-refractivity contribution in [2.45, 2.75) is 12.8 Å². The lowest BCUT2D eigenvalue weighted by Crippen LogP contribution is -1.87. The summed E-state index contributed by atoms with van der Waals surface area (Å²) in [5, 5.41) is 2.08. The number of nitrogens with two attached hydrogens (primary N) is 1. The first-order valence-electron chi connectivity index (χ1n) is 5.49. The van der Waals surface area contributed by atoms with Gasteiger partial charge in [-0.25, -0.2) is 4.98 Å². The monoisotopic (exact) mass is 244 g/mol. The molecule has 0 aliphatic rings. The van der Waals surface area contributed by atoms with Crippen LogP contribution in [0.25, 0.3) is 11.1 Å². The highest BCUT2D eigenvalue weighted by Gasteiger charge is 2.08. The normalized spacial score (nSPS) is 11.1. The lowest BCUT2D eigenvalue weighted by Gasteiger charge is -1.93. The van der Waals surface area contributed by atoms with Gasteiger partial charge in [0.15, 0.2) is 11.5 Å². The maximum Gasteiger partial charge on any atom is 0.195 e. The molecule has 17 heavy (non-hydrogen) atoms. The first-order chi connectivity index (χ1) is 8.33. The lowest BCUT2D eigenvalue weighted by atomic mass is 10.2. The molecule has 0 atom stereocenters. The third-order valence-corrected chi connectivity index (χ3v) is 3.59. The van der Waals surface area contributed by atoms with Crippen LogP contribution in [0, 0.1) is 0 Å². The first-order valence-corrected chi connectivity index (χ1v) is 6.37. The van der Waals surface area contributed by atoms with Crippen LogP contribution >= 0.6 is 11.3 Å². The van der Waals surface area contributed by atoms with Crippen LogP contribution in [-0.4, -0.2) is 4.98 Å². The Morgan fingerprint density at radius 3 is 2.88 bits per heavy atom. The van der Waals surface area contributed by atoms with Crippen molar-refractivity contribution < 1.29 is 4.42 Å². The van der Waals surface area contributed by atoms with E-state index < -0.39 is 0 Å². The van der Waals surface area contributed by atoms with Gasteiger partial charge in [-0.2, -0.15) is 0 Å². The molecule has 0 aliphatic carbocycles. The molecule has 4 heteroatoms. The van der Waals surface area contributed by atoms with Gasteiger partial charge < -0.3 is 10.2 Å². The Balaban J connectivity index is 1.84. The zero-order chi connectivity index (χ0) is 11.7. The molecule has 0 bridgehead atoms. The maximum absolute atomic E-state index is 5.83. The molecule has 0 spiro atoms. The lowest BCUT2D eigenvalue weighted by molar-refractivity contribution is 0.530. The van der Waals surface area contributed by atoms with Crippen molar-refractivity contribution in [3.8, 4) is 0 Å². The molecule has 0 saturated heterocycles. The van der Waals surface area contributed by atoms with Gasteiger partial charge in [-0.05, 0) is 30.0 Å². The van der Waals surface area contributed by atoms with E-state index in [1.807, 2.05) is 18.2 Å². The highest BCUT2D eigenvalue weighted by Crippen LogP contribution is 2.22. The molecule has 0 fully saturated rings. The molecule has 2 N–H and O–H groups in total. The van der Waals surface area contributed by atoms with Gasteiger partial charge in [0.1, 0.15) is 5.52 Å². The Hall–Kier alpha value is -1.81. The number of anilines is 1. The smallest absolute Gasteiger partial charge is 0.195 e. The average Bonchev–Trinajstić information content (AvgIpc) is 2.95. The average molecular weight is 244 g/mol. The predicted octanol–water partition coefficient (Wildman–Crippen LogP) is 3.26. The number of rotatable bonds is 3. The molecule has 86 valence electrons. The molecule has 0 unspecified atom stereocenters. The molecular weight excluding hydrogens is 232 g/mol. The quantitative estimate of drug-likeness (QED) is 0.719. The van der Waals surface area contributed by atoms with Gasteiger partial charge in [-0.3, -0.25) is 0 Å². The van der Waals surface area contributed by atoms with Gasteiger partial charge in [-0.1, -0.05) is 12.1 Å². The van der Waals surface area contributed by atoms with Gasteiger partial charge in [0.05, 0.1) is 5.69 Å². The summed E-state index contributed by atoms with van der Waals surface area (Å²) in [5.74, 6) is 0.756. The molecule has 0 saturated carbocycles. The van der Waals surface area contributed by atoms with Crippen LogP contribution in [0.15, 0.2) is 40.1 Å². The van der Waals surface area contributed by atoms with Crippen molar-refractivity contribution in [3.63, 3.8) is 0 Å². The number of benzene rings is 1. The number of thiophene rings is 1. The first kappa shape index (κ1) is 10.4. The number of aromatic nitrogens is 1. The summed E-state index contributed by atoms with van der Waals surface area (Å²) < 4.78 is 5.67. The Labute approximate surface area is 103 Å². The van der Waals surface area contributed by atoms with E-state index in [1.54, 1.807) is 11.3 Å². The van der Waals surface area contributed by atoms with Crippen LogP contribution in [0.3, 0.4) is 0 Å². The van der Waals surface area contributed by atoms with Gasteiger partial charge in [0.25, 0.3) is 0 Å². The number of hydrogen-bond acceptors (Lipinski definition) is 4. The molecule has 2 aromatic heterocycles. The minimum Gasteiger partial charge on any atom is -0.439 e. The summed E-state index contributed by atoms with van der Waals surface area (Å²) >= 11 is 1.76. The third-order valence-electron chi connectivity index (χ3n) is 2.66.